The molecule has 2 N–H and O–H groups in total. The molecule has 0 saturated heterocycles. The van der Waals surface area contributed by atoms with Crippen LogP contribution in [0, 0.1) is 6.92 Å². The summed E-state index contributed by atoms with van der Waals surface area (Å²) >= 11 is 8.02. The fourth-order valence-electron chi connectivity index (χ4n) is 1.48. The van der Waals surface area contributed by atoms with Crippen LogP contribution in [0.5, 0.6) is 5.75 Å². The van der Waals surface area contributed by atoms with E-state index >= 15 is 0 Å². The summed E-state index contributed by atoms with van der Waals surface area (Å²) in [4.78, 5) is 14.1. The molecule has 1 heterocycles. The van der Waals surface area contributed by atoms with E-state index in [1.807, 2.05) is 19.1 Å². The van der Waals surface area contributed by atoms with Crippen LogP contribution in [-0.4, -0.2) is 17.2 Å². The first-order valence-electron chi connectivity index (χ1n) is 5.55. The van der Waals surface area contributed by atoms with Crippen LogP contribution in [-0.2, 0) is 0 Å². The number of carbonyl (C=O) groups excluding carboxylic acids is 1. The lowest BCUT2D eigenvalue weighted by molar-refractivity contribution is 0.0952. The lowest BCUT2D eigenvalue weighted by Gasteiger charge is -2.05. The van der Waals surface area contributed by atoms with Crippen molar-refractivity contribution in [3.8, 4) is 5.75 Å². The zero-order chi connectivity index (χ0) is 14.7. The number of hydrogen-bond acceptors (Lipinski definition) is 4. The van der Waals surface area contributed by atoms with Gasteiger partial charge in [0.25, 0.3) is 5.91 Å². The van der Waals surface area contributed by atoms with Gasteiger partial charge in [0.1, 0.15) is 5.75 Å². The van der Waals surface area contributed by atoms with Gasteiger partial charge in [-0.1, -0.05) is 15.9 Å². The van der Waals surface area contributed by atoms with Gasteiger partial charge in [-0.2, -0.15) is 5.10 Å². The smallest absolute Gasteiger partial charge is 0.275 e. The quantitative estimate of drug-likeness (QED) is 0.584. The zero-order valence-electron chi connectivity index (χ0n) is 10.4. The molecule has 0 aliphatic rings. The summed E-state index contributed by atoms with van der Waals surface area (Å²) in [6.07, 6.45) is 1.57. The van der Waals surface area contributed by atoms with E-state index in [2.05, 4.69) is 42.4 Å². The molecular formula is C13H10Br2N2O2S. The second-order valence-corrected chi connectivity index (χ2v) is 7.02. The molecule has 0 atom stereocenters. The predicted molar refractivity (Wildman–Crippen MR) is 87.6 cm³/mol. The molecule has 104 valence electrons. The fraction of sp³-hybridized carbons (Fsp3) is 0.0769. The minimum atomic E-state index is -0.478. The largest absolute Gasteiger partial charge is 0.506 e. The maximum Gasteiger partial charge on any atom is 0.275 e. The number of benzene rings is 1. The second-order valence-electron chi connectivity index (χ2n) is 3.93. The molecule has 0 unspecified atom stereocenters. The van der Waals surface area contributed by atoms with Crippen LogP contribution >= 0.6 is 43.2 Å². The van der Waals surface area contributed by atoms with Gasteiger partial charge in [-0.25, -0.2) is 5.43 Å². The highest BCUT2D eigenvalue weighted by atomic mass is 79.9. The Kier molecular flexibility index (Phi) is 4.95. The summed E-state index contributed by atoms with van der Waals surface area (Å²) in [6.45, 7) is 2.00. The number of aryl methyl sites for hydroxylation is 1. The van der Waals surface area contributed by atoms with Gasteiger partial charge in [0.05, 0.1) is 16.3 Å². The van der Waals surface area contributed by atoms with Gasteiger partial charge in [0.2, 0.25) is 0 Å². The lowest BCUT2D eigenvalue weighted by atomic mass is 10.2. The third kappa shape index (κ3) is 3.68. The molecule has 4 nitrogen and oxygen atoms in total. The van der Waals surface area contributed by atoms with Gasteiger partial charge in [-0.05, 0) is 47.1 Å². The second kappa shape index (κ2) is 6.51. The highest BCUT2D eigenvalue weighted by Crippen LogP contribution is 2.31. The highest BCUT2D eigenvalue weighted by Gasteiger charge is 2.14. The molecular weight excluding hydrogens is 408 g/mol. The summed E-state index contributed by atoms with van der Waals surface area (Å²) in [5.74, 6) is -0.595. The Morgan fingerprint density at radius 2 is 2.15 bits per heavy atom. The number of aromatic hydroxyl groups is 1. The zero-order valence-corrected chi connectivity index (χ0v) is 14.3. The van der Waals surface area contributed by atoms with Crippen molar-refractivity contribution in [1.82, 2.24) is 5.43 Å². The molecule has 2 aromatic rings. The summed E-state index contributed by atoms with van der Waals surface area (Å²) in [5.41, 5.74) is 2.53. The number of phenolic OH excluding ortho intramolecular Hbond substituents is 1. The van der Waals surface area contributed by atoms with E-state index in [-0.39, 0.29) is 11.3 Å². The Morgan fingerprint density at radius 3 is 2.80 bits per heavy atom. The Labute approximate surface area is 136 Å². The van der Waals surface area contributed by atoms with Crippen LogP contribution < -0.4 is 5.43 Å². The van der Waals surface area contributed by atoms with Crippen LogP contribution in [0.25, 0.3) is 0 Å². The lowest BCUT2D eigenvalue weighted by Crippen LogP contribution is -2.17. The number of thiophene rings is 1. The van der Waals surface area contributed by atoms with Crippen LogP contribution in [0.1, 0.15) is 20.1 Å². The maximum absolute atomic E-state index is 11.9. The molecule has 1 aromatic carbocycles. The highest BCUT2D eigenvalue weighted by molar-refractivity contribution is 9.11. The molecule has 0 fully saturated rings. The first-order chi connectivity index (χ1) is 9.47. The van der Waals surface area contributed by atoms with Gasteiger partial charge in [0.15, 0.2) is 0 Å². The number of hydrogen-bond donors (Lipinski definition) is 2. The van der Waals surface area contributed by atoms with Crippen molar-refractivity contribution in [1.29, 1.82) is 0 Å². The van der Waals surface area contributed by atoms with Crippen molar-refractivity contribution in [2.24, 2.45) is 5.10 Å². The number of phenols is 1. The Hall–Kier alpha value is -1.18. The number of halogens is 2. The van der Waals surface area contributed by atoms with E-state index < -0.39 is 5.91 Å². The summed E-state index contributed by atoms with van der Waals surface area (Å²) in [7, 11) is 0. The number of rotatable bonds is 3. The van der Waals surface area contributed by atoms with Gasteiger partial charge >= 0.3 is 0 Å². The number of hydrazone groups is 1. The van der Waals surface area contributed by atoms with Gasteiger partial charge in [0, 0.05) is 14.2 Å². The number of nitrogens with one attached hydrogen (secondary N) is 1. The molecule has 0 aliphatic carbocycles. The molecule has 2 rings (SSSR count). The van der Waals surface area contributed by atoms with E-state index in [1.165, 1.54) is 10.9 Å². The Bertz CT molecular complexity index is 683. The number of carbonyl (C=O) groups is 1. The fourth-order valence-corrected chi connectivity index (χ4v) is 3.45. The van der Waals surface area contributed by atoms with Gasteiger partial charge in [-0.3, -0.25) is 4.79 Å². The van der Waals surface area contributed by atoms with Crippen molar-refractivity contribution < 1.29 is 9.90 Å². The van der Waals surface area contributed by atoms with E-state index in [4.69, 9.17) is 0 Å². The first kappa shape index (κ1) is 15.2. The summed E-state index contributed by atoms with van der Waals surface area (Å²) in [5, 5.41) is 13.7. The summed E-state index contributed by atoms with van der Waals surface area (Å²) < 4.78 is 1.13. The molecule has 0 spiro atoms. The third-order valence-electron chi connectivity index (χ3n) is 2.39. The molecule has 0 saturated carbocycles. The topological polar surface area (TPSA) is 61.7 Å². The maximum atomic E-state index is 11.9. The minimum Gasteiger partial charge on any atom is -0.506 e. The van der Waals surface area contributed by atoms with E-state index in [0.717, 1.165) is 4.88 Å². The number of nitrogens with zero attached hydrogens (tertiary/aromatic N) is 1. The molecule has 0 radical (unpaired) electrons. The van der Waals surface area contributed by atoms with Crippen molar-refractivity contribution in [2.75, 3.05) is 0 Å². The van der Waals surface area contributed by atoms with Crippen molar-refractivity contribution in [2.45, 2.75) is 6.92 Å². The third-order valence-corrected chi connectivity index (χ3v) is 4.39. The average molecular weight is 418 g/mol. The molecule has 1 aromatic heterocycles. The monoisotopic (exact) mass is 416 g/mol. The van der Waals surface area contributed by atoms with Gasteiger partial charge in [-0.15, -0.1) is 11.3 Å². The van der Waals surface area contributed by atoms with Crippen molar-refractivity contribution in [3.63, 3.8) is 0 Å². The van der Waals surface area contributed by atoms with Crippen molar-refractivity contribution in [3.05, 3.63) is 48.5 Å². The standard InChI is InChI=1S/C13H10Br2N2O2S/c1-7-2-3-9(20-7)6-16-17-13(19)10-4-8(14)5-11(15)12(10)18/h2-6,18H,1H3,(H,17,19)/b16-6+. The van der Waals surface area contributed by atoms with Crippen LogP contribution in [0.15, 0.2) is 38.3 Å². The Morgan fingerprint density at radius 1 is 1.40 bits per heavy atom. The van der Waals surface area contributed by atoms with Crippen molar-refractivity contribution >= 4 is 55.3 Å². The number of amides is 1. The van der Waals surface area contributed by atoms with E-state index in [1.54, 1.807) is 23.6 Å². The van der Waals surface area contributed by atoms with Crippen LogP contribution in [0.4, 0.5) is 0 Å². The SMILES string of the molecule is Cc1ccc(/C=N/NC(=O)c2cc(Br)cc(Br)c2O)s1. The first-order valence-corrected chi connectivity index (χ1v) is 7.95. The summed E-state index contributed by atoms with van der Waals surface area (Å²) in [6, 6.07) is 7.08. The van der Waals surface area contributed by atoms with Gasteiger partial charge < -0.3 is 5.11 Å². The Balaban J connectivity index is 2.11. The van der Waals surface area contributed by atoms with Crippen LogP contribution in [0.3, 0.4) is 0 Å². The molecule has 7 heteroatoms. The molecule has 20 heavy (non-hydrogen) atoms. The average Bonchev–Trinajstić information content (AvgIpc) is 2.79. The molecule has 0 bridgehead atoms. The van der Waals surface area contributed by atoms with Crippen LogP contribution in [0.2, 0.25) is 0 Å². The normalized spacial score (nSPS) is 10.9. The molecule has 1 amide bonds. The molecule has 0 aliphatic heterocycles. The van der Waals surface area contributed by atoms with E-state index in [0.29, 0.717) is 8.95 Å². The van der Waals surface area contributed by atoms with E-state index in [9.17, 15) is 9.90 Å². The minimum absolute atomic E-state index is 0.118. The predicted octanol–water partition coefficient (Wildman–Crippen LogP) is 4.05.